The Morgan fingerprint density at radius 2 is 2.10 bits per heavy atom. The second-order valence-corrected chi connectivity index (χ2v) is 1.98. The predicted molar refractivity (Wildman–Crippen MR) is 43.3 cm³/mol. The summed E-state index contributed by atoms with van der Waals surface area (Å²) in [6.45, 7) is 9.25. The molecule has 0 rings (SSSR count). The van der Waals surface area contributed by atoms with E-state index in [9.17, 15) is 0 Å². The Hall–Kier alpha value is -1.29. The molecule has 0 unspecified atom stereocenters. The van der Waals surface area contributed by atoms with Crippen molar-refractivity contribution in [2.45, 2.75) is 13.3 Å². The molecule has 0 atom stereocenters. The molecule has 0 radical (unpaired) electrons. The van der Waals surface area contributed by atoms with Crippen molar-refractivity contribution in [2.24, 2.45) is 0 Å². The molecule has 0 spiro atoms. The van der Waals surface area contributed by atoms with E-state index in [0.29, 0.717) is 5.57 Å². The lowest BCUT2D eigenvalue weighted by Crippen LogP contribution is -1.70. The highest BCUT2D eigenvalue weighted by molar-refractivity contribution is 5.33. The van der Waals surface area contributed by atoms with Crippen LogP contribution in [-0.2, 0) is 0 Å². The number of hydrogen-bond donors (Lipinski definition) is 0. The van der Waals surface area contributed by atoms with Crippen LogP contribution in [0.15, 0.2) is 36.5 Å². The molecule has 0 aromatic carbocycles. The Bertz CT molecular complexity index is 203. The number of nitrogens with zero attached hydrogens (tertiary/aromatic N) is 1. The van der Waals surface area contributed by atoms with Crippen LogP contribution >= 0.6 is 0 Å². The Morgan fingerprint density at radius 1 is 1.50 bits per heavy atom. The van der Waals surface area contributed by atoms with Gasteiger partial charge in [0.15, 0.2) is 0 Å². The van der Waals surface area contributed by atoms with Crippen molar-refractivity contribution >= 4 is 0 Å². The normalized spacial score (nSPS) is 9.20. The van der Waals surface area contributed by atoms with E-state index in [1.807, 2.05) is 19.1 Å². The lowest BCUT2D eigenvalue weighted by atomic mass is 10.2. The number of rotatable bonds is 3. The van der Waals surface area contributed by atoms with E-state index in [1.54, 1.807) is 6.08 Å². The average Bonchev–Trinajstić information content (AvgIpc) is 1.99. The van der Waals surface area contributed by atoms with Crippen molar-refractivity contribution in [2.75, 3.05) is 0 Å². The van der Waals surface area contributed by atoms with Crippen molar-refractivity contribution in [3.8, 4) is 6.07 Å². The molecule has 1 nitrogen and oxygen atoms in total. The number of nitriles is 1. The maximum Gasteiger partial charge on any atom is 0.0985 e. The minimum atomic E-state index is 0.467. The molecule has 0 heterocycles. The fourth-order valence-corrected chi connectivity index (χ4v) is 0.374. The zero-order valence-corrected chi connectivity index (χ0v) is 6.22. The van der Waals surface area contributed by atoms with Gasteiger partial charge in [0.2, 0.25) is 0 Å². The van der Waals surface area contributed by atoms with Gasteiger partial charge in [0.25, 0.3) is 0 Å². The van der Waals surface area contributed by atoms with Crippen LogP contribution in [0.5, 0.6) is 0 Å². The molecule has 0 saturated carbocycles. The summed E-state index contributed by atoms with van der Waals surface area (Å²) in [7, 11) is 0. The second-order valence-electron chi connectivity index (χ2n) is 1.98. The molecule has 0 aliphatic heterocycles. The molecule has 52 valence electrons. The van der Waals surface area contributed by atoms with E-state index >= 15 is 0 Å². The zero-order valence-electron chi connectivity index (χ0n) is 6.22. The summed E-state index contributed by atoms with van der Waals surface area (Å²) in [4.78, 5) is 0. The summed E-state index contributed by atoms with van der Waals surface area (Å²) < 4.78 is 0. The fraction of sp³-hybridized carbons (Fsp3) is 0.222. The van der Waals surface area contributed by atoms with E-state index in [2.05, 4.69) is 13.2 Å². The second kappa shape index (κ2) is 4.58. The lowest BCUT2D eigenvalue weighted by Gasteiger charge is -1.88. The van der Waals surface area contributed by atoms with Gasteiger partial charge in [0.1, 0.15) is 0 Å². The standard InChI is InChI=1S/C9H11N/c1-4-8(2)5-6-9(3)7-10/h5-6H,2-4H2,1H3/b6-5-. The zero-order chi connectivity index (χ0) is 7.98. The van der Waals surface area contributed by atoms with E-state index in [1.165, 1.54) is 0 Å². The highest BCUT2D eigenvalue weighted by Crippen LogP contribution is 2.00. The number of allylic oxidation sites excluding steroid dienone is 4. The molecule has 0 aliphatic rings. The Morgan fingerprint density at radius 3 is 2.50 bits per heavy atom. The molecule has 0 N–H and O–H groups in total. The van der Waals surface area contributed by atoms with Gasteiger partial charge in [-0.2, -0.15) is 5.26 Å². The van der Waals surface area contributed by atoms with Gasteiger partial charge in [0, 0.05) is 5.57 Å². The van der Waals surface area contributed by atoms with Gasteiger partial charge in [0.05, 0.1) is 6.07 Å². The third-order valence-electron chi connectivity index (χ3n) is 1.12. The van der Waals surface area contributed by atoms with Gasteiger partial charge < -0.3 is 0 Å². The molecule has 0 fully saturated rings. The molecule has 10 heavy (non-hydrogen) atoms. The predicted octanol–water partition coefficient (Wildman–Crippen LogP) is 2.59. The minimum Gasteiger partial charge on any atom is -0.192 e. The van der Waals surface area contributed by atoms with Crippen LogP contribution < -0.4 is 0 Å². The Kier molecular flexibility index (Phi) is 3.99. The third kappa shape index (κ3) is 3.68. The highest BCUT2D eigenvalue weighted by atomic mass is 14.2. The highest BCUT2D eigenvalue weighted by Gasteiger charge is 1.82. The van der Waals surface area contributed by atoms with Crippen LogP contribution in [0.2, 0.25) is 0 Å². The maximum absolute atomic E-state index is 8.29. The summed E-state index contributed by atoms with van der Waals surface area (Å²) >= 11 is 0. The van der Waals surface area contributed by atoms with Gasteiger partial charge in [-0.25, -0.2) is 0 Å². The van der Waals surface area contributed by atoms with Crippen molar-refractivity contribution < 1.29 is 0 Å². The summed E-state index contributed by atoms with van der Waals surface area (Å²) in [5, 5.41) is 8.29. The van der Waals surface area contributed by atoms with Crippen LogP contribution in [0.1, 0.15) is 13.3 Å². The first-order valence-electron chi connectivity index (χ1n) is 3.15. The Balaban J connectivity index is 3.91. The van der Waals surface area contributed by atoms with Gasteiger partial charge in [-0.05, 0) is 12.5 Å². The van der Waals surface area contributed by atoms with Gasteiger partial charge >= 0.3 is 0 Å². The molecule has 1 heteroatoms. The van der Waals surface area contributed by atoms with Crippen LogP contribution in [0.4, 0.5) is 0 Å². The quantitative estimate of drug-likeness (QED) is 0.429. The first-order valence-corrected chi connectivity index (χ1v) is 3.15. The molecule has 0 bridgehead atoms. The first-order chi connectivity index (χ1) is 4.70. The van der Waals surface area contributed by atoms with Crippen LogP contribution in [0.3, 0.4) is 0 Å². The topological polar surface area (TPSA) is 23.8 Å². The molecular formula is C9H11N. The largest absolute Gasteiger partial charge is 0.192 e. The molecule has 0 aliphatic carbocycles. The average molecular weight is 133 g/mol. The first kappa shape index (κ1) is 8.71. The van der Waals surface area contributed by atoms with Crippen molar-refractivity contribution in [3.63, 3.8) is 0 Å². The Labute approximate surface area is 62.0 Å². The maximum atomic E-state index is 8.29. The summed E-state index contributed by atoms with van der Waals surface area (Å²) in [6.07, 6.45) is 4.40. The monoisotopic (exact) mass is 133 g/mol. The van der Waals surface area contributed by atoms with Gasteiger partial charge in [-0.1, -0.05) is 31.7 Å². The van der Waals surface area contributed by atoms with Crippen LogP contribution in [0.25, 0.3) is 0 Å². The smallest absolute Gasteiger partial charge is 0.0985 e. The van der Waals surface area contributed by atoms with Crippen LogP contribution in [0, 0.1) is 11.3 Å². The van der Waals surface area contributed by atoms with E-state index in [-0.39, 0.29) is 0 Å². The van der Waals surface area contributed by atoms with Crippen molar-refractivity contribution in [1.29, 1.82) is 5.26 Å². The third-order valence-corrected chi connectivity index (χ3v) is 1.12. The summed E-state index contributed by atoms with van der Waals surface area (Å²) in [6, 6.07) is 1.92. The van der Waals surface area contributed by atoms with Crippen LogP contribution in [-0.4, -0.2) is 0 Å². The SMILES string of the molecule is C=C(C#N)/C=C\C(=C)CC. The van der Waals surface area contributed by atoms with E-state index in [4.69, 9.17) is 5.26 Å². The summed E-state index contributed by atoms with van der Waals surface area (Å²) in [5.41, 5.74) is 1.48. The molecule has 0 saturated heterocycles. The molecule has 0 amide bonds. The summed E-state index contributed by atoms with van der Waals surface area (Å²) in [5.74, 6) is 0. The van der Waals surface area contributed by atoms with E-state index in [0.717, 1.165) is 12.0 Å². The van der Waals surface area contributed by atoms with Crippen molar-refractivity contribution in [1.82, 2.24) is 0 Å². The minimum absolute atomic E-state index is 0.467. The van der Waals surface area contributed by atoms with Crippen molar-refractivity contribution in [3.05, 3.63) is 36.5 Å². The van der Waals surface area contributed by atoms with Gasteiger partial charge in [-0.15, -0.1) is 0 Å². The lowest BCUT2D eigenvalue weighted by molar-refractivity contribution is 1.16. The molecule has 0 aromatic rings. The number of hydrogen-bond acceptors (Lipinski definition) is 1. The van der Waals surface area contributed by atoms with E-state index < -0.39 is 0 Å². The fourth-order valence-electron chi connectivity index (χ4n) is 0.374. The molecule has 0 aromatic heterocycles. The molecular weight excluding hydrogens is 122 g/mol. The van der Waals surface area contributed by atoms with Gasteiger partial charge in [-0.3, -0.25) is 0 Å².